The Labute approximate surface area is 114 Å². The van der Waals surface area contributed by atoms with Gasteiger partial charge in [0.15, 0.2) is 12.1 Å². The standard InChI is InChI=1S/C14H9ClFNO2/c15-11-2-4-13(17-7-11)14(19)6-9-1-3-12(16)10(5-9)8-18/h1-5,7-8H,6H2. The van der Waals surface area contributed by atoms with Crippen LogP contribution in [-0.2, 0) is 6.42 Å². The molecule has 1 aromatic heterocycles. The second-order valence-electron chi connectivity index (χ2n) is 3.94. The lowest BCUT2D eigenvalue weighted by molar-refractivity contribution is 0.0987. The number of carbonyl (C=O) groups excluding carboxylic acids is 2. The lowest BCUT2D eigenvalue weighted by atomic mass is 10.0. The van der Waals surface area contributed by atoms with E-state index in [4.69, 9.17) is 11.6 Å². The van der Waals surface area contributed by atoms with Crippen molar-refractivity contribution in [2.24, 2.45) is 0 Å². The third-order valence-corrected chi connectivity index (χ3v) is 2.79. The van der Waals surface area contributed by atoms with Gasteiger partial charge in [0.2, 0.25) is 0 Å². The first kappa shape index (κ1) is 13.4. The number of hydrogen-bond acceptors (Lipinski definition) is 3. The van der Waals surface area contributed by atoms with E-state index in [1.54, 1.807) is 6.07 Å². The van der Waals surface area contributed by atoms with Gasteiger partial charge in [0.1, 0.15) is 11.5 Å². The molecule has 0 radical (unpaired) electrons. The van der Waals surface area contributed by atoms with Gasteiger partial charge >= 0.3 is 0 Å². The molecule has 0 aliphatic rings. The molecule has 2 rings (SSSR count). The highest BCUT2D eigenvalue weighted by Gasteiger charge is 2.10. The van der Waals surface area contributed by atoms with Gasteiger partial charge in [0, 0.05) is 12.6 Å². The summed E-state index contributed by atoms with van der Waals surface area (Å²) in [5.74, 6) is -0.823. The van der Waals surface area contributed by atoms with Crippen molar-refractivity contribution in [3.63, 3.8) is 0 Å². The fourth-order valence-electron chi connectivity index (χ4n) is 1.61. The Balaban J connectivity index is 2.19. The third-order valence-electron chi connectivity index (χ3n) is 2.57. The Morgan fingerprint density at radius 3 is 2.74 bits per heavy atom. The third kappa shape index (κ3) is 3.23. The van der Waals surface area contributed by atoms with Gasteiger partial charge in [0.05, 0.1) is 10.6 Å². The summed E-state index contributed by atoms with van der Waals surface area (Å²) in [6.45, 7) is 0. The van der Waals surface area contributed by atoms with Crippen LogP contribution in [0.4, 0.5) is 4.39 Å². The van der Waals surface area contributed by atoms with Crippen molar-refractivity contribution in [2.75, 3.05) is 0 Å². The van der Waals surface area contributed by atoms with Crippen LogP contribution in [0.3, 0.4) is 0 Å². The summed E-state index contributed by atoms with van der Waals surface area (Å²) in [7, 11) is 0. The molecular weight excluding hydrogens is 269 g/mol. The average molecular weight is 278 g/mol. The molecule has 0 saturated carbocycles. The van der Waals surface area contributed by atoms with E-state index in [1.807, 2.05) is 0 Å². The largest absolute Gasteiger partial charge is 0.298 e. The quantitative estimate of drug-likeness (QED) is 0.637. The Morgan fingerprint density at radius 1 is 1.32 bits per heavy atom. The van der Waals surface area contributed by atoms with Crippen molar-refractivity contribution in [1.29, 1.82) is 0 Å². The number of carbonyl (C=O) groups is 2. The predicted molar refractivity (Wildman–Crippen MR) is 69.1 cm³/mol. The summed E-state index contributed by atoms with van der Waals surface area (Å²) in [5.41, 5.74) is 0.779. The number of pyridine rings is 1. The van der Waals surface area contributed by atoms with Crippen LogP contribution in [0.15, 0.2) is 36.5 Å². The molecule has 0 unspecified atom stereocenters. The molecule has 0 fully saturated rings. The number of benzene rings is 1. The molecule has 0 N–H and O–H groups in total. The minimum atomic E-state index is -0.601. The monoisotopic (exact) mass is 277 g/mol. The minimum Gasteiger partial charge on any atom is -0.298 e. The predicted octanol–water partition coefficient (Wildman–Crippen LogP) is 3.11. The van der Waals surface area contributed by atoms with E-state index in [2.05, 4.69) is 4.98 Å². The molecule has 2 aromatic rings. The van der Waals surface area contributed by atoms with Crippen LogP contribution in [0.2, 0.25) is 5.02 Å². The van der Waals surface area contributed by atoms with Gasteiger partial charge in [-0.15, -0.1) is 0 Å². The highest BCUT2D eigenvalue weighted by Crippen LogP contribution is 2.12. The highest BCUT2D eigenvalue weighted by atomic mass is 35.5. The van der Waals surface area contributed by atoms with E-state index in [0.29, 0.717) is 16.9 Å². The molecule has 0 amide bonds. The van der Waals surface area contributed by atoms with Crippen LogP contribution >= 0.6 is 11.6 Å². The van der Waals surface area contributed by atoms with Crippen molar-refractivity contribution in [3.8, 4) is 0 Å². The highest BCUT2D eigenvalue weighted by molar-refractivity contribution is 6.30. The van der Waals surface area contributed by atoms with Crippen molar-refractivity contribution in [2.45, 2.75) is 6.42 Å². The van der Waals surface area contributed by atoms with Crippen molar-refractivity contribution < 1.29 is 14.0 Å². The van der Waals surface area contributed by atoms with E-state index >= 15 is 0 Å². The topological polar surface area (TPSA) is 47.0 Å². The summed E-state index contributed by atoms with van der Waals surface area (Å²) >= 11 is 5.68. The molecule has 1 aromatic carbocycles. The van der Waals surface area contributed by atoms with E-state index in [-0.39, 0.29) is 23.5 Å². The fourth-order valence-corrected chi connectivity index (χ4v) is 1.72. The van der Waals surface area contributed by atoms with Crippen molar-refractivity contribution in [1.82, 2.24) is 4.98 Å². The summed E-state index contributed by atoms with van der Waals surface area (Å²) in [4.78, 5) is 26.5. The van der Waals surface area contributed by atoms with Crippen LogP contribution in [0, 0.1) is 5.82 Å². The van der Waals surface area contributed by atoms with E-state index in [1.165, 1.54) is 30.5 Å². The number of ketones is 1. The molecule has 0 aliphatic heterocycles. The molecule has 3 nitrogen and oxygen atoms in total. The van der Waals surface area contributed by atoms with Crippen LogP contribution < -0.4 is 0 Å². The number of halogens is 2. The molecule has 96 valence electrons. The average Bonchev–Trinajstić information content (AvgIpc) is 2.41. The maximum atomic E-state index is 13.1. The van der Waals surface area contributed by atoms with Gasteiger partial charge in [-0.3, -0.25) is 14.6 Å². The summed E-state index contributed by atoms with van der Waals surface area (Å²) in [6, 6.07) is 7.09. The van der Waals surface area contributed by atoms with Gasteiger partial charge in [0.25, 0.3) is 0 Å². The Kier molecular flexibility index (Phi) is 4.02. The number of nitrogens with zero attached hydrogens (tertiary/aromatic N) is 1. The Bertz CT molecular complexity index is 626. The normalized spacial score (nSPS) is 10.2. The molecule has 0 atom stereocenters. The lowest BCUT2D eigenvalue weighted by Gasteiger charge is -2.03. The summed E-state index contributed by atoms with van der Waals surface area (Å²) < 4.78 is 13.1. The zero-order valence-electron chi connectivity index (χ0n) is 9.77. The van der Waals surface area contributed by atoms with Crippen LogP contribution in [0.1, 0.15) is 26.4 Å². The first-order valence-electron chi connectivity index (χ1n) is 5.48. The van der Waals surface area contributed by atoms with Gasteiger partial charge < -0.3 is 0 Å². The number of hydrogen-bond donors (Lipinski definition) is 0. The van der Waals surface area contributed by atoms with Gasteiger partial charge in [-0.1, -0.05) is 17.7 Å². The van der Waals surface area contributed by atoms with Crippen LogP contribution in [0.5, 0.6) is 0 Å². The number of Topliss-reactive ketones (excluding diaryl/α,β-unsaturated/α-hetero) is 1. The number of aromatic nitrogens is 1. The zero-order valence-corrected chi connectivity index (χ0v) is 10.5. The van der Waals surface area contributed by atoms with E-state index in [9.17, 15) is 14.0 Å². The molecule has 19 heavy (non-hydrogen) atoms. The number of aldehydes is 1. The molecule has 0 bridgehead atoms. The van der Waals surface area contributed by atoms with Gasteiger partial charge in [-0.25, -0.2) is 4.39 Å². The molecule has 1 heterocycles. The van der Waals surface area contributed by atoms with Crippen LogP contribution in [-0.4, -0.2) is 17.1 Å². The van der Waals surface area contributed by atoms with E-state index in [0.717, 1.165) is 0 Å². The van der Waals surface area contributed by atoms with Crippen molar-refractivity contribution in [3.05, 3.63) is 64.2 Å². The molecule has 5 heteroatoms. The van der Waals surface area contributed by atoms with Crippen LogP contribution in [0.25, 0.3) is 0 Å². The first-order valence-corrected chi connectivity index (χ1v) is 5.86. The maximum Gasteiger partial charge on any atom is 0.185 e. The Morgan fingerprint density at radius 2 is 2.11 bits per heavy atom. The van der Waals surface area contributed by atoms with E-state index < -0.39 is 5.82 Å². The SMILES string of the molecule is O=Cc1cc(CC(=O)c2ccc(Cl)cn2)ccc1F. The fraction of sp³-hybridized carbons (Fsp3) is 0.0714. The zero-order chi connectivity index (χ0) is 13.8. The summed E-state index contributed by atoms with van der Waals surface area (Å²) in [5, 5.41) is 0.446. The Hall–Kier alpha value is -2.07. The molecular formula is C14H9ClFNO2. The van der Waals surface area contributed by atoms with Crippen molar-refractivity contribution >= 4 is 23.7 Å². The smallest absolute Gasteiger partial charge is 0.185 e. The number of rotatable bonds is 4. The second-order valence-corrected chi connectivity index (χ2v) is 4.37. The molecule has 0 spiro atoms. The summed E-state index contributed by atoms with van der Waals surface area (Å²) in [6.07, 6.45) is 1.86. The maximum absolute atomic E-state index is 13.1. The van der Waals surface area contributed by atoms with Gasteiger partial charge in [-0.05, 0) is 29.8 Å². The molecule has 0 aliphatic carbocycles. The molecule has 0 saturated heterocycles. The lowest BCUT2D eigenvalue weighted by Crippen LogP contribution is -2.06. The first-order chi connectivity index (χ1) is 9.10. The second kappa shape index (κ2) is 5.71. The minimum absolute atomic E-state index is 0.0513. The van der Waals surface area contributed by atoms with Gasteiger partial charge in [-0.2, -0.15) is 0 Å².